The summed E-state index contributed by atoms with van der Waals surface area (Å²) in [5, 5.41) is 1.12. The Labute approximate surface area is 185 Å². The van der Waals surface area contributed by atoms with Crippen LogP contribution in [0, 0.1) is 0 Å². The molecular weight excluding hydrogens is 450 g/mol. The fourth-order valence-electron chi connectivity index (χ4n) is 3.97. The highest BCUT2D eigenvalue weighted by atomic mass is 79.9. The van der Waals surface area contributed by atoms with Crippen molar-refractivity contribution < 1.29 is 9.47 Å². The van der Waals surface area contributed by atoms with Crippen LogP contribution in [0.25, 0.3) is 0 Å². The van der Waals surface area contributed by atoms with Gasteiger partial charge in [-0.3, -0.25) is 9.98 Å². The van der Waals surface area contributed by atoms with Crippen molar-refractivity contribution in [3.63, 3.8) is 0 Å². The van der Waals surface area contributed by atoms with Crippen molar-refractivity contribution in [1.82, 2.24) is 9.88 Å². The highest BCUT2D eigenvalue weighted by Gasteiger charge is 2.46. The summed E-state index contributed by atoms with van der Waals surface area (Å²) in [4.78, 5) is 12.2. The molecule has 3 atom stereocenters. The first-order valence-corrected chi connectivity index (χ1v) is 11.7. The Hall–Kier alpha value is -1.73. The van der Waals surface area contributed by atoms with Crippen LogP contribution >= 0.6 is 27.7 Å². The molecule has 0 bridgehead atoms. The molecule has 154 valence electrons. The number of aromatic nitrogens is 1. The number of benzene rings is 1. The number of hydrogen-bond acceptors (Lipinski definition) is 6. The number of hydrogen-bond donors (Lipinski definition) is 0. The van der Waals surface area contributed by atoms with Gasteiger partial charge in [0.2, 0.25) is 0 Å². The van der Waals surface area contributed by atoms with Crippen molar-refractivity contribution in [2.75, 3.05) is 12.9 Å². The molecule has 0 spiro atoms. The first-order chi connectivity index (χ1) is 14.0. The third kappa shape index (κ3) is 3.87. The number of thioether (sulfide) groups is 1. The second-order valence-electron chi connectivity index (χ2n) is 7.53. The normalized spacial score (nSPS) is 23.3. The molecule has 1 aromatic heterocycles. The number of nitrogens with zero attached hydrogens (tertiary/aromatic N) is 3. The van der Waals surface area contributed by atoms with Gasteiger partial charge in [0.05, 0.1) is 24.9 Å². The predicted molar refractivity (Wildman–Crippen MR) is 122 cm³/mol. The molecule has 1 fully saturated rings. The highest BCUT2D eigenvalue weighted by molar-refractivity contribution is 9.10. The van der Waals surface area contributed by atoms with Gasteiger partial charge in [0.25, 0.3) is 0 Å². The van der Waals surface area contributed by atoms with Crippen LogP contribution < -0.4 is 9.47 Å². The third-order valence-electron chi connectivity index (χ3n) is 5.29. The SMILES string of the molecule is CC[C@@H]1CSC2=N[C@H](c3ccccn3)[C@H](c3cc(OC)c(OC(C)C)cc3Br)N21. The number of fused-ring (bicyclic) bond motifs is 1. The smallest absolute Gasteiger partial charge is 0.162 e. The molecule has 3 heterocycles. The molecule has 0 radical (unpaired) electrons. The molecule has 2 aliphatic heterocycles. The Morgan fingerprint density at radius 1 is 1.28 bits per heavy atom. The van der Waals surface area contributed by atoms with Crippen LogP contribution in [0.3, 0.4) is 0 Å². The monoisotopic (exact) mass is 475 g/mol. The van der Waals surface area contributed by atoms with Crippen LogP contribution in [0.5, 0.6) is 11.5 Å². The quantitative estimate of drug-likeness (QED) is 0.542. The summed E-state index contributed by atoms with van der Waals surface area (Å²) in [6, 6.07) is 10.6. The molecule has 1 aromatic carbocycles. The first-order valence-electron chi connectivity index (χ1n) is 9.97. The molecule has 29 heavy (non-hydrogen) atoms. The average molecular weight is 476 g/mol. The van der Waals surface area contributed by atoms with E-state index < -0.39 is 0 Å². The fourth-order valence-corrected chi connectivity index (χ4v) is 5.86. The zero-order valence-corrected chi connectivity index (χ0v) is 19.5. The van der Waals surface area contributed by atoms with Gasteiger partial charge in [-0.2, -0.15) is 0 Å². The molecule has 2 aliphatic rings. The number of aliphatic imine (C=N–C) groups is 1. The zero-order chi connectivity index (χ0) is 20.5. The summed E-state index contributed by atoms with van der Waals surface area (Å²) in [5.41, 5.74) is 2.14. The van der Waals surface area contributed by atoms with Crippen LogP contribution in [0.15, 0.2) is 46.0 Å². The van der Waals surface area contributed by atoms with E-state index in [0.29, 0.717) is 6.04 Å². The first kappa shape index (κ1) is 20.5. The van der Waals surface area contributed by atoms with Crippen molar-refractivity contribution >= 4 is 32.9 Å². The van der Waals surface area contributed by atoms with Crippen molar-refractivity contribution in [3.8, 4) is 11.5 Å². The Morgan fingerprint density at radius 2 is 2.10 bits per heavy atom. The van der Waals surface area contributed by atoms with E-state index in [1.54, 1.807) is 7.11 Å². The number of pyridine rings is 1. The lowest BCUT2D eigenvalue weighted by Crippen LogP contribution is -2.35. The van der Waals surface area contributed by atoms with E-state index in [0.717, 1.165) is 44.6 Å². The van der Waals surface area contributed by atoms with Gasteiger partial charge in [-0.1, -0.05) is 40.7 Å². The van der Waals surface area contributed by atoms with E-state index >= 15 is 0 Å². The average Bonchev–Trinajstić information content (AvgIpc) is 3.28. The number of ether oxygens (including phenoxy) is 2. The predicted octanol–water partition coefficient (Wildman–Crippen LogP) is 5.62. The third-order valence-corrected chi connectivity index (χ3v) is 7.11. The molecular formula is C22H26BrN3O2S. The van der Waals surface area contributed by atoms with Gasteiger partial charge >= 0.3 is 0 Å². The summed E-state index contributed by atoms with van der Waals surface area (Å²) < 4.78 is 12.6. The maximum atomic E-state index is 5.96. The minimum atomic E-state index is -0.0501. The van der Waals surface area contributed by atoms with Gasteiger partial charge in [0.1, 0.15) is 6.04 Å². The molecule has 0 unspecified atom stereocenters. The van der Waals surface area contributed by atoms with Gasteiger partial charge < -0.3 is 14.4 Å². The zero-order valence-electron chi connectivity index (χ0n) is 17.1. The van der Waals surface area contributed by atoms with Crippen LogP contribution in [0.2, 0.25) is 0 Å². The van der Waals surface area contributed by atoms with Crippen LogP contribution in [0.4, 0.5) is 0 Å². The Bertz CT molecular complexity index is 906. The second-order valence-corrected chi connectivity index (χ2v) is 9.37. The largest absolute Gasteiger partial charge is 0.493 e. The maximum Gasteiger partial charge on any atom is 0.162 e. The van der Waals surface area contributed by atoms with E-state index in [4.69, 9.17) is 14.5 Å². The summed E-state index contributed by atoms with van der Waals surface area (Å²) in [6.45, 7) is 6.28. The van der Waals surface area contributed by atoms with E-state index in [1.807, 2.05) is 50.0 Å². The van der Waals surface area contributed by atoms with Crippen molar-refractivity contribution in [3.05, 3.63) is 52.3 Å². The van der Waals surface area contributed by atoms with E-state index in [2.05, 4.69) is 44.9 Å². The highest BCUT2D eigenvalue weighted by Crippen LogP contribution is 2.51. The van der Waals surface area contributed by atoms with Gasteiger partial charge in [-0.05, 0) is 50.1 Å². The molecule has 0 saturated carbocycles. The molecule has 4 rings (SSSR count). The molecule has 0 aliphatic carbocycles. The maximum absolute atomic E-state index is 5.96. The number of rotatable bonds is 6. The van der Waals surface area contributed by atoms with Gasteiger partial charge in [-0.25, -0.2) is 0 Å². The lowest BCUT2D eigenvalue weighted by atomic mass is 9.95. The van der Waals surface area contributed by atoms with Gasteiger partial charge in [0.15, 0.2) is 16.7 Å². The summed E-state index contributed by atoms with van der Waals surface area (Å²) in [7, 11) is 1.69. The van der Waals surface area contributed by atoms with Crippen LogP contribution in [0.1, 0.15) is 50.5 Å². The molecule has 1 saturated heterocycles. The summed E-state index contributed by atoms with van der Waals surface area (Å²) in [5.74, 6) is 2.56. The lowest BCUT2D eigenvalue weighted by molar-refractivity contribution is 0.228. The Balaban J connectivity index is 1.81. The fraction of sp³-hybridized carbons (Fsp3) is 0.455. The Kier molecular flexibility index (Phi) is 6.06. The lowest BCUT2D eigenvalue weighted by Gasteiger charge is -2.33. The number of amidine groups is 1. The topological polar surface area (TPSA) is 47.0 Å². The minimum Gasteiger partial charge on any atom is -0.493 e. The van der Waals surface area contributed by atoms with Crippen molar-refractivity contribution in [1.29, 1.82) is 0 Å². The standard InChI is InChI=1S/C22H26BrN3O2S/c1-5-14-12-29-22-25-20(17-8-6-7-9-24-17)21(26(14)22)15-10-18(27-4)19(11-16(15)23)28-13(2)3/h6-11,13-14,20-21H,5,12H2,1-4H3/t14-,20-,21+/m1/s1. The van der Waals surface area contributed by atoms with E-state index in [-0.39, 0.29) is 18.2 Å². The van der Waals surface area contributed by atoms with E-state index in [9.17, 15) is 0 Å². The van der Waals surface area contributed by atoms with Gasteiger partial charge in [0, 0.05) is 22.5 Å². The molecule has 0 amide bonds. The van der Waals surface area contributed by atoms with Gasteiger partial charge in [-0.15, -0.1) is 0 Å². The Morgan fingerprint density at radius 3 is 2.76 bits per heavy atom. The van der Waals surface area contributed by atoms with Crippen LogP contribution in [-0.4, -0.2) is 40.1 Å². The number of halogens is 1. The molecule has 0 N–H and O–H groups in total. The molecule has 2 aromatic rings. The second kappa shape index (κ2) is 8.56. The minimum absolute atomic E-state index is 0.0501. The van der Waals surface area contributed by atoms with Crippen molar-refractivity contribution in [2.45, 2.75) is 51.4 Å². The van der Waals surface area contributed by atoms with Crippen molar-refractivity contribution in [2.24, 2.45) is 4.99 Å². The van der Waals surface area contributed by atoms with E-state index in [1.165, 1.54) is 0 Å². The molecule has 5 nitrogen and oxygen atoms in total. The number of methoxy groups -OCH3 is 1. The summed E-state index contributed by atoms with van der Waals surface area (Å²) in [6.07, 6.45) is 3.00. The summed E-state index contributed by atoms with van der Waals surface area (Å²) >= 11 is 5.66. The van der Waals surface area contributed by atoms with Crippen LogP contribution in [-0.2, 0) is 0 Å². The molecule has 7 heteroatoms.